The Kier molecular flexibility index (Phi) is 5.15. The number of benzene rings is 2. The molecule has 0 radical (unpaired) electrons. The number of rotatable bonds is 4. The third-order valence-corrected chi connectivity index (χ3v) is 4.46. The van der Waals surface area contributed by atoms with Crippen LogP contribution < -0.4 is 5.32 Å². The quantitative estimate of drug-likeness (QED) is 0.870. The van der Waals surface area contributed by atoms with Crippen LogP contribution >= 0.6 is 11.6 Å². The molecule has 2 aromatic carbocycles. The molecule has 1 atom stereocenters. The van der Waals surface area contributed by atoms with Gasteiger partial charge in [-0.3, -0.25) is 10.1 Å². The Bertz CT molecular complexity index is 810. The molecule has 3 rings (SSSR count). The van der Waals surface area contributed by atoms with Gasteiger partial charge in [0, 0.05) is 10.7 Å². The van der Waals surface area contributed by atoms with Crippen molar-refractivity contribution in [1.29, 1.82) is 0 Å². The summed E-state index contributed by atoms with van der Waals surface area (Å²) in [6.07, 6.45) is -1.73. The van der Waals surface area contributed by atoms with Crippen molar-refractivity contribution in [3.05, 3.63) is 65.2 Å². The maximum atomic E-state index is 12.6. The maximum absolute atomic E-state index is 12.6. The smallest absolute Gasteiger partial charge is 0.414 e. The van der Waals surface area contributed by atoms with Gasteiger partial charge in [-0.2, -0.15) is 0 Å². The minimum Gasteiger partial charge on any atom is -0.416 e. The number of nitrogens with zero attached hydrogens (tertiary/aromatic N) is 1. The first-order valence-electron chi connectivity index (χ1n) is 8.13. The second kappa shape index (κ2) is 7.35. The number of halogens is 1. The van der Waals surface area contributed by atoms with Crippen molar-refractivity contribution in [2.45, 2.75) is 26.7 Å². The Hall–Kier alpha value is -2.57. The molecule has 1 aliphatic rings. The van der Waals surface area contributed by atoms with E-state index in [4.69, 9.17) is 21.2 Å². The van der Waals surface area contributed by atoms with Gasteiger partial charge in [0.05, 0.1) is 6.54 Å². The molecule has 26 heavy (non-hydrogen) atoms. The second-order valence-electron chi connectivity index (χ2n) is 6.49. The van der Waals surface area contributed by atoms with Crippen LogP contribution in [-0.2, 0) is 20.9 Å². The molecule has 1 fully saturated rings. The first-order valence-corrected chi connectivity index (χ1v) is 8.50. The molecule has 2 aromatic rings. The predicted octanol–water partition coefficient (Wildman–Crippen LogP) is 4.21. The van der Waals surface area contributed by atoms with Gasteiger partial charge in [0.1, 0.15) is 5.41 Å². The minimum atomic E-state index is -1.04. The molecule has 1 saturated heterocycles. The van der Waals surface area contributed by atoms with E-state index in [-0.39, 0.29) is 12.5 Å². The average Bonchev–Trinajstić information content (AvgIpc) is 2.81. The molecule has 2 amide bonds. The van der Waals surface area contributed by atoms with Crippen molar-refractivity contribution in [3.8, 4) is 0 Å². The van der Waals surface area contributed by atoms with Gasteiger partial charge >= 0.3 is 6.09 Å². The van der Waals surface area contributed by atoms with Gasteiger partial charge in [0.2, 0.25) is 6.29 Å². The van der Waals surface area contributed by atoms with E-state index in [0.717, 1.165) is 5.56 Å². The molecular weight excluding hydrogens is 356 g/mol. The van der Waals surface area contributed by atoms with Crippen LogP contribution in [0.5, 0.6) is 0 Å². The number of nitrogens with one attached hydrogen (secondary N) is 1. The number of anilines is 1. The van der Waals surface area contributed by atoms with Crippen LogP contribution in [-0.4, -0.2) is 23.4 Å². The third kappa shape index (κ3) is 3.81. The number of carbonyl (C=O) groups excluding carboxylic acids is 2. The summed E-state index contributed by atoms with van der Waals surface area (Å²) in [4.78, 5) is 30.4. The fourth-order valence-electron chi connectivity index (χ4n) is 2.54. The topological polar surface area (TPSA) is 67.9 Å². The lowest BCUT2D eigenvalue weighted by atomic mass is 9.92. The third-order valence-electron chi connectivity index (χ3n) is 4.10. The Labute approximate surface area is 156 Å². The van der Waals surface area contributed by atoms with Gasteiger partial charge < -0.3 is 4.74 Å². The highest BCUT2D eigenvalue weighted by molar-refractivity contribution is 6.31. The van der Waals surface area contributed by atoms with Crippen molar-refractivity contribution >= 4 is 29.3 Å². The average molecular weight is 375 g/mol. The Morgan fingerprint density at radius 2 is 1.85 bits per heavy atom. The monoisotopic (exact) mass is 374 g/mol. The van der Waals surface area contributed by atoms with Crippen molar-refractivity contribution < 1.29 is 19.2 Å². The molecule has 0 bridgehead atoms. The molecule has 136 valence electrons. The van der Waals surface area contributed by atoms with E-state index in [2.05, 4.69) is 5.32 Å². The number of para-hydroxylation sites is 1. The van der Waals surface area contributed by atoms with E-state index >= 15 is 0 Å². The zero-order valence-corrected chi connectivity index (χ0v) is 15.2. The second-order valence-corrected chi connectivity index (χ2v) is 6.90. The summed E-state index contributed by atoms with van der Waals surface area (Å²) in [5.41, 5.74) is 0.315. The zero-order valence-electron chi connectivity index (χ0n) is 14.4. The molecule has 1 unspecified atom stereocenters. The summed E-state index contributed by atoms with van der Waals surface area (Å²) in [5.74, 6) is -0.282. The van der Waals surface area contributed by atoms with E-state index < -0.39 is 17.8 Å². The van der Waals surface area contributed by atoms with Gasteiger partial charge in [0.15, 0.2) is 0 Å². The van der Waals surface area contributed by atoms with Crippen molar-refractivity contribution in [2.24, 2.45) is 5.41 Å². The van der Waals surface area contributed by atoms with E-state index in [9.17, 15) is 9.59 Å². The summed E-state index contributed by atoms with van der Waals surface area (Å²) in [7, 11) is 0. The number of hydrogen-bond donors (Lipinski definition) is 1. The Morgan fingerprint density at radius 3 is 2.54 bits per heavy atom. The highest BCUT2D eigenvalue weighted by Gasteiger charge is 2.51. The van der Waals surface area contributed by atoms with Crippen LogP contribution in [0.4, 0.5) is 10.5 Å². The molecule has 1 aliphatic heterocycles. The van der Waals surface area contributed by atoms with Gasteiger partial charge in [-0.1, -0.05) is 48.0 Å². The van der Waals surface area contributed by atoms with Crippen LogP contribution in [0, 0.1) is 5.41 Å². The summed E-state index contributed by atoms with van der Waals surface area (Å²) in [6, 6.07) is 16.1. The predicted molar refractivity (Wildman–Crippen MR) is 97.2 cm³/mol. The number of hydrogen-bond acceptors (Lipinski definition) is 4. The lowest BCUT2D eigenvalue weighted by Crippen LogP contribution is -2.36. The van der Waals surface area contributed by atoms with Crippen molar-refractivity contribution in [2.75, 3.05) is 5.32 Å². The Balaban J connectivity index is 1.67. The lowest BCUT2D eigenvalue weighted by Gasteiger charge is -2.20. The van der Waals surface area contributed by atoms with Crippen LogP contribution in [0.25, 0.3) is 0 Å². The lowest BCUT2D eigenvalue weighted by molar-refractivity contribution is -0.225. The van der Waals surface area contributed by atoms with E-state index in [1.807, 2.05) is 24.3 Å². The fourth-order valence-corrected chi connectivity index (χ4v) is 2.74. The summed E-state index contributed by atoms with van der Waals surface area (Å²) < 4.78 is 5.33. The number of ether oxygens (including phenoxy) is 1. The van der Waals surface area contributed by atoms with Crippen LogP contribution in [0.3, 0.4) is 0 Å². The van der Waals surface area contributed by atoms with Gasteiger partial charge in [0.25, 0.3) is 5.91 Å². The van der Waals surface area contributed by atoms with Gasteiger partial charge in [-0.25, -0.2) is 14.7 Å². The number of carbonyl (C=O) groups is 2. The summed E-state index contributed by atoms with van der Waals surface area (Å²) in [5, 5.41) is 4.32. The zero-order chi connectivity index (χ0) is 18.7. The highest BCUT2D eigenvalue weighted by atomic mass is 35.5. The fraction of sp³-hybridized carbons (Fsp3) is 0.263. The molecule has 0 saturated carbocycles. The summed E-state index contributed by atoms with van der Waals surface area (Å²) >= 11 is 6.14. The normalized spacial score (nSPS) is 18.7. The van der Waals surface area contributed by atoms with E-state index in [1.165, 1.54) is 5.06 Å². The highest BCUT2D eigenvalue weighted by Crippen LogP contribution is 2.36. The number of hydroxylamine groups is 2. The first-order chi connectivity index (χ1) is 12.4. The van der Waals surface area contributed by atoms with Crippen LogP contribution in [0.1, 0.15) is 19.4 Å². The van der Waals surface area contributed by atoms with Crippen molar-refractivity contribution in [1.82, 2.24) is 5.06 Å². The summed E-state index contributed by atoms with van der Waals surface area (Å²) in [6.45, 7) is 3.51. The molecular formula is C19H19ClN2O4. The molecule has 6 nitrogen and oxygen atoms in total. The standard InChI is InChI=1S/C19H19ClN2O4/c1-19(2)16(23)22(12-13-8-6-7-11-15(13)20)26-17(19)25-18(24)21-14-9-4-3-5-10-14/h3-11,17H,12H2,1-2H3,(H,21,24). The molecule has 7 heteroatoms. The molecule has 0 aromatic heterocycles. The maximum Gasteiger partial charge on any atom is 0.414 e. The van der Waals surface area contributed by atoms with E-state index in [0.29, 0.717) is 10.7 Å². The molecule has 1 N–H and O–H groups in total. The van der Waals surface area contributed by atoms with E-state index in [1.54, 1.807) is 44.2 Å². The Morgan fingerprint density at radius 1 is 1.19 bits per heavy atom. The van der Waals surface area contributed by atoms with Gasteiger partial charge in [-0.05, 0) is 37.6 Å². The largest absolute Gasteiger partial charge is 0.416 e. The van der Waals surface area contributed by atoms with Crippen molar-refractivity contribution in [3.63, 3.8) is 0 Å². The first kappa shape index (κ1) is 18.2. The van der Waals surface area contributed by atoms with Gasteiger partial charge in [-0.15, -0.1) is 0 Å². The van der Waals surface area contributed by atoms with Crippen LogP contribution in [0.15, 0.2) is 54.6 Å². The van der Waals surface area contributed by atoms with Crippen LogP contribution in [0.2, 0.25) is 5.02 Å². The molecule has 1 heterocycles. The SMILES string of the molecule is CC1(C)C(=O)N(Cc2ccccc2Cl)OC1OC(=O)Nc1ccccc1. The number of amides is 2. The minimum absolute atomic E-state index is 0.169. The molecule has 0 aliphatic carbocycles. The molecule has 0 spiro atoms.